The third kappa shape index (κ3) is 10.1. The van der Waals surface area contributed by atoms with Gasteiger partial charge in [-0.3, -0.25) is 9.59 Å². The molecular weight excluding hydrogens is 849 g/mol. The second kappa shape index (κ2) is 19.3. The molecule has 2 aliphatic heterocycles. The van der Waals surface area contributed by atoms with Gasteiger partial charge in [-0.2, -0.15) is 0 Å². The molecule has 0 spiro atoms. The van der Waals surface area contributed by atoms with Crippen molar-refractivity contribution in [2.24, 2.45) is 0 Å². The first-order chi connectivity index (χ1) is 30.8. The van der Waals surface area contributed by atoms with E-state index in [0.29, 0.717) is 32.1 Å². The SMILES string of the molecule is Cc1ccc2c(-c3nccs3)cc(=O)n(CC=O)c2c1.Cc1ccc2c(-c3nccs3)cc(=O)n(CCN3CCC(N(Cc4ccc5c(c4)OCCO5)C(=O)OC(C)(C)C)CC3)c2c1. The normalized spacial score (nSPS) is 14.3. The summed E-state index contributed by atoms with van der Waals surface area (Å²) in [6.07, 6.45) is 5.57. The molecule has 0 bridgehead atoms. The number of hydrogen-bond donors (Lipinski definition) is 0. The summed E-state index contributed by atoms with van der Waals surface area (Å²) in [5.41, 5.74) is 5.77. The van der Waals surface area contributed by atoms with E-state index < -0.39 is 5.60 Å². The zero-order valence-corrected chi connectivity index (χ0v) is 38.4. The highest BCUT2D eigenvalue weighted by Gasteiger charge is 2.32. The predicted molar refractivity (Wildman–Crippen MR) is 253 cm³/mol. The molecular formula is C49H52N6O7S2. The van der Waals surface area contributed by atoms with Gasteiger partial charge in [0.2, 0.25) is 0 Å². The maximum atomic E-state index is 13.4. The van der Waals surface area contributed by atoms with E-state index in [1.165, 1.54) is 15.9 Å². The number of aryl methyl sites for hydroxylation is 2. The number of carbonyl (C=O) groups is 2. The monoisotopic (exact) mass is 900 g/mol. The van der Waals surface area contributed by atoms with Crippen molar-refractivity contribution >= 4 is 56.9 Å². The molecule has 64 heavy (non-hydrogen) atoms. The van der Waals surface area contributed by atoms with E-state index in [2.05, 4.69) is 40.0 Å². The molecule has 332 valence electrons. The third-order valence-electron chi connectivity index (χ3n) is 11.3. The second-order valence-corrected chi connectivity index (χ2v) is 18.9. The zero-order valence-electron chi connectivity index (χ0n) is 36.7. The Hall–Kier alpha value is -6.16. The molecule has 9 rings (SSSR count). The smallest absolute Gasteiger partial charge is 0.410 e. The van der Waals surface area contributed by atoms with Gasteiger partial charge < -0.3 is 37.9 Å². The second-order valence-electron chi connectivity index (χ2n) is 17.1. The van der Waals surface area contributed by atoms with Gasteiger partial charge in [0.25, 0.3) is 11.1 Å². The van der Waals surface area contributed by atoms with Crippen LogP contribution in [0.2, 0.25) is 0 Å². The number of nitrogens with zero attached hydrogens (tertiary/aromatic N) is 6. The fourth-order valence-electron chi connectivity index (χ4n) is 8.28. The van der Waals surface area contributed by atoms with Crippen molar-refractivity contribution in [2.75, 3.05) is 32.8 Å². The summed E-state index contributed by atoms with van der Waals surface area (Å²) in [6.45, 7) is 14.3. The van der Waals surface area contributed by atoms with Crippen molar-refractivity contribution in [1.82, 2.24) is 28.9 Å². The first-order valence-electron chi connectivity index (χ1n) is 21.5. The minimum absolute atomic E-state index is 0.0151. The van der Waals surface area contributed by atoms with Crippen LogP contribution < -0.4 is 20.6 Å². The summed E-state index contributed by atoms with van der Waals surface area (Å²) in [5, 5.41) is 7.46. The Morgan fingerprint density at radius 1 is 0.781 bits per heavy atom. The standard InChI is InChI=1S/C34H40N4O5S.C15H12N2O2S/c1-23-5-7-26-27(32-35-11-18-44-32)21-31(39)37(28(26)19-23)15-14-36-12-9-25(10-13-36)38(33(40)43-34(2,3)4)22-24-6-8-29-30(20-24)42-17-16-41-29;1-10-2-3-11-12(15-16-4-7-20-15)9-14(19)17(5-6-18)13(11)8-10/h5-8,11,18-21,25H,9-10,12-17,22H2,1-4H3;2-4,6-9H,5H2,1H3. The van der Waals surface area contributed by atoms with Crippen molar-refractivity contribution in [2.45, 2.75) is 78.7 Å². The number of amides is 1. The fraction of sp³-hybridized carbons (Fsp3) is 0.347. The van der Waals surface area contributed by atoms with Crippen molar-refractivity contribution in [3.05, 3.63) is 127 Å². The number of piperidine rings is 1. The molecule has 0 N–H and O–H groups in total. The van der Waals surface area contributed by atoms with E-state index in [1.54, 1.807) is 35.9 Å². The third-order valence-corrected chi connectivity index (χ3v) is 13.0. The van der Waals surface area contributed by atoms with Gasteiger partial charge in [-0.05, 0) is 88.4 Å². The summed E-state index contributed by atoms with van der Waals surface area (Å²) >= 11 is 3.04. The minimum atomic E-state index is -0.591. The largest absolute Gasteiger partial charge is 0.486 e. The number of benzene rings is 3. The number of carbonyl (C=O) groups excluding carboxylic acids is 2. The van der Waals surface area contributed by atoms with Crippen LogP contribution >= 0.6 is 22.7 Å². The fourth-order valence-corrected chi connectivity index (χ4v) is 9.62. The van der Waals surface area contributed by atoms with Crippen LogP contribution in [0.5, 0.6) is 11.5 Å². The molecule has 3 aromatic carbocycles. The Morgan fingerprint density at radius 3 is 1.92 bits per heavy atom. The molecule has 7 aromatic rings. The van der Waals surface area contributed by atoms with Crippen LogP contribution in [0, 0.1) is 13.8 Å². The van der Waals surface area contributed by atoms with Gasteiger partial charge >= 0.3 is 6.09 Å². The van der Waals surface area contributed by atoms with Gasteiger partial charge in [0.1, 0.15) is 35.1 Å². The quantitative estimate of drug-likeness (QED) is 0.123. The summed E-state index contributed by atoms with van der Waals surface area (Å²) in [4.78, 5) is 62.8. The van der Waals surface area contributed by atoms with Crippen molar-refractivity contribution in [3.63, 3.8) is 0 Å². The maximum absolute atomic E-state index is 13.4. The Kier molecular flexibility index (Phi) is 13.4. The van der Waals surface area contributed by atoms with Crippen LogP contribution in [-0.2, 0) is 29.2 Å². The number of likely N-dealkylation sites (tertiary alicyclic amines) is 1. The first-order valence-corrected chi connectivity index (χ1v) is 23.2. The molecule has 0 radical (unpaired) electrons. The van der Waals surface area contributed by atoms with Gasteiger partial charge in [0, 0.05) is 96.0 Å². The van der Waals surface area contributed by atoms with E-state index >= 15 is 0 Å². The van der Waals surface area contributed by atoms with Crippen LogP contribution in [0.3, 0.4) is 0 Å². The summed E-state index contributed by atoms with van der Waals surface area (Å²) in [5.74, 6) is 1.45. The van der Waals surface area contributed by atoms with Crippen LogP contribution in [0.25, 0.3) is 42.9 Å². The summed E-state index contributed by atoms with van der Waals surface area (Å²) in [6, 6.07) is 21.4. The molecule has 0 atom stereocenters. The lowest BCUT2D eigenvalue weighted by atomic mass is 10.0. The predicted octanol–water partition coefficient (Wildman–Crippen LogP) is 8.74. The van der Waals surface area contributed by atoms with Crippen molar-refractivity contribution in [1.29, 1.82) is 0 Å². The Morgan fingerprint density at radius 2 is 1.36 bits per heavy atom. The number of thiazole rings is 2. The van der Waals surface area contributed by atoms with Crippen LogP contribution in [0.15, 0.2) is 99.5 Å². The molecule has 2 aliphatic rings. The first kappa shape index (κ1) is 44.4. The Bertz CT molecular complexity index is 2890. The van der Waals surface area contributed by atoms with E-state index in [-0.39, 0.29) is 29.8 Å². The Balaban J connectivity index is 0.000000233. The molecule has 6 heterocycles. The highest BCUT2D eigenvalue weighted by molar-refractivity contribution is 7.13. The van der Waals surface area contributed by atoms with Gasteiger partial charge in [0.05, 0.1) is 17.6 Å². The lowest BCUT2D eigenvalue weighted by Gasteiger charge is -2.39. The maximum Gasteiger partial charge on any atom is 0.410 e. The van der Waals surface area contributed by atoms with E-state index in [0.717, 1.165) is 104 Å². The average Bonchev–Trinajstić information content (AvgIpc) is 4.02. The highest BCUT2D eigenvalue weighted by atomic mass is 32.1. The van der Waals surface area contributed by atoms with Crippen LogP contribution in [-0.4, -0.2) is 85.8 Å². The molecule has 15 heteroatoms. The summed E-state index contributed by atoms with van der Waals surface area (Å²) < 4.78 is 20.7. The molecule has 1 amide bonds. The average molecular weight is 901 g/mol. The molecule has 4 aromatic heterocycles. The van der Waals surface area contributed by atoms with Gasteiger partial charge in [-0.15, -0.1) is 22.7 Å². The van der Waals surface area contributed by atoms with Gasteiger partial charge in [-0.25, -0.2) is 14.8 Å². The number of hydrogen-bond acceptors (Lipinski definition) is 12. The van der Waals surface area contributed by atoms with Gasteiger partial charge in [-0.1, -0.05) is 30.3 Å². The Labute approximate surface area is 379 Å². The highest BCUT2D eigenvalue weighted by Crippen LogP contribution is 2.33. The number of fused-ring (bicyclic) bond motifs is 3. The zero-order chi connectivity index (χ0) is 45.0. The van der Waals surface area contributed by atoms with Crippen molar-refractivity contribution in [3.8, 4) is 32.6 Å². The van der Waals surface area contributed by atoms with E-state index in [4.69, 9.17) is 14.2 Å². The number of aromatic nitrogens is 4. The van der Waals surface area contributed by atoms with E-state index in [9.17, 15) is 19.2 Å². The van der Waals surface area contributed by atoms with E-state index in [1.807, 2.05) is 84.3 Å². The number of rotatable bonds is 10. The molecule has 0 unspecified atom stereocenters. The lowest BCUT2D eigenvalue weighted by Crippen LogP contribution is -2.49. The van der Waals surface area contributed by atoms with Crippen LogP contribution in [0.4, 0.5) is 4.79 Å². The number of ether oxygens (including phenoxy) is 3. The van der Waals surface area contributed by atoms with Crippen molar-refractivity contribution < 1.29 is 23.8 Å². The topological polar surface area (TPSA) is 138 Å². The molecule has 1 fully saturated rings. The summed E-state index contributed by atoms with van der Waals surface area (Å²) in [7, 11) is 0. The minimum Gasteiger partial charge on any atom is -0.486 e. The number of aldehydes is 1. The lowest BCUT2D eigenvalue weighted by molar-refractivity contribution is -0.108. The number of pyridine rings is 2. The molecule has 0 saturated carbocycles. The molecule has 13 nitrogen and oxygen atoms in total. The molecule has 1 saturated heterocycles. The molecule has 0 aliphatic carbocycles. The van der Waals surface area contributed by atoms with Crippen LogP contribution in [0.1, 0.15) is 50.3 Å². The van der Waals surface area contributed by atoms with Gasteiger partial charge in [0.15, 0.2) is 11.5 Å².